The molecule has 4 heteroatoms. The van der Waals surface area contributed by atoms with Crippen molar-refractivity contribution in [3.8, 4) is 6.07 Å². The Kier molecular flexibility index (Phi) is 3.77. The summed E-state index contributed by atoms with van der Waals surface area (Å²) in [5.74, 6) is 0. The van der Waals surface area contributed by atoms with E-state index in [9.17, 15) is 4.55 Å². The van der Waals surface area contributed by atoms with Crippen LogP contribution in [0.1, 0.15) is 0 Å². The number of hydrogen-bond donors (Lipinski definition) is 0. The molecule has 0 aromatic heterocycles. The van der Waals surface area contributed by atoms with Gasteiger partial charge in [-0.2, -0.15) is 5.26 Å². The van der Waals surface area contributed by atoms with E-state index < -0.39 is 11.4 Å². The second kappa shape index (κ2) is 4.87. The van der Waals surface area contributed by atoms with Crippen LogP contribution >= 0.6 is 0 Å². The predicted molar refractivity (Wildman–Crippen MR) is 50.5 cm³/mol. The summed E-state index contributed by atoms with van der Waals surface area (Å²) >= 11 is -1.33. The first kappa shape index (κ1) is 10.1. The highest BCUT2D eigenvalue weighted by Gasteiger charge is 2.16. The largest absolute Gasteiger partial charge is 0.593 e. The molecule has 1 rings (SSSR count). The minimum Gasteiger partial charge on any atom is -0.593 e. The zero-order chi connectivity index (χ0) is 9.68. The van der Waals surface area contributed by atoms with E-state index in [4.69, 9.17) is 5.26 Å². The summed E-state index contributed by atoms with van der Waals surface area (Å²) in [5.41, 5.74) is 0. The molecule has 0 amide bonds. The second-order valence-electron chi connectivity index (χ2n) is 2.36. The maximum atomic E-state index is 11.6. The fraction of sp³-hybridized carbons (Fsp3) is 0.111. The van der Waals surface area contributed by atoms with Crippen LogP contribution in [0.5, 0.6) is 0 Å². The lowest BCUT2D eigenvalue weighted by molar-refractivity contribution is 0.521. The van der Waals surface area contributed by atoms with Crippen LogP contribution in [0.4, 0.5) is 0 Å². The Bertz CT molecular complexity index is 296. The zero-order valence-electron chi connectivity index (χ0n) is 7.01. The van der Waals surface area contributed by atoms with E-state index in [-0.39, 0.29) is 6.54 Å². The lowest BCUT2D eigenvalue weighted by Gasteiger charge is -2.16. The smallest absolute Gasteiger partial charge is 0.174 e. The first-order valence-corrected chi connectivity index (χ1v) is 4.78. The number of nitrogens with zero attached hydrogens (tertiary/aromatic N) is 2. The van der Waals surface area contributed by atoms with Crippen molar-refractivity contribution < 1.29 is 4.55 Å². The van der Waals surface area contributed by atoms with E-state index in [1.807, 2.05) is 12.1 Å². The molecular weight excluding hydrogens is 184 g/mol. The molecule has 0 heterocycles. The van der Waals surface area contributed by atoms with Gasteiger partial charge in [-0.15, -0.1) is 4.31 Å². The summed E-state index contributed by atoms with van der Waals surface area (Å²) in [6, 6.07) is 10.8. The molecular formula is C9H9N2OS. The molecule has 0 N–H and O–H groups in total. The molecule has 13 heavy (non-hydrogen) atoms. The average molecular weight is 193 g/mol. The fourth-order valence-electron chi connectivity index (χ4n) is 0.823. The minimum absolute atomic E-state index is 0.0570. The quantitative estimate of drug-likeness (QED) is 0.537. The maximum Gasteiger partial charge on any atom is 0.174 e. The first-order chi connectivity index (χ1) is 6.25. The van der Waals surface area contributed by atoms with Crippen LogP contribution in [-0.2, 0) is 11.4 Å². The molecule has 0 fully saturated rings. The molecule has 0 aliphatic carbocycles. The molecule has 0 aliphatic heterocycles. The first-order valence-electron chi connectivity index (χ1n) is 3.67. The Morgan fingerprint density at radius 2 is 2.08 bits per heavy atom. The highest BCUT2D eigenvalue weighted by atomic mass is 32.2. The van der Waals surface area contributed by atoms with Gasteiger partial charge >= 0.3 is 0 Å². The molecule has 0 aliphatic rings. The summed E-state index contributed by atoms with van der Waals surface area (Å²) in [6.07, 6.45) is 0. The molecule has 1 atom stereocenters. The van der Waals surface area contributed by atoms with Crippen molar-refractivity contribution in [3.63, 3.8) is 0 Å². The van der Waals surface area contributed by atoms with Gasteiger partial charge in [-0.05, 0) is 12.1 Å². The number of rotatable bonds is 3. The second-order valence-corrected chi connectivity index (χ2v) is 3.85. The number of benzene rings is 1. The summed E-state index contributed by atoms with van der Waals surface area (Å²) in [5, 5.41) is 8.37. The van der Waals surface area contributed by atoms with Crippen molar-refractivity contribution in [2.75, 3.05) is 6.54 Å². The standard InChI is InChI=1S/C9H9N2OS/c1-11(8-7-10)13(12)9-5-3-2-4-6-9/h2-6H,1,8H2. The van der Waals surface area contributed by atoms with Crippen LogP contribution in [0.25, 0.3) is 0 Å². The Balaban J connectivity index is 2.69. The predicted octanol–water partition coefficient (Wildman–Crippen LogP) is 1.33. The van der Waals surface area contributed by atoms with Crippen LogP contribution in [-0.4, -0.2) is 15.4 Å². The van der Waals surface area contributed by atoms with Crippen molar-refractivity contribution in [1.29, 1.82) is 5.26 Å². The molecule has 3 nitrogen and oxygen atoms in total. The van der Waals surface area contributed by atoms with E-state index in [1.54, 1.807) is 24.3 Å². The monoisotopic (exact) mass is 193 g/mol. The van der Waals surface area contributed by atoms with Crippen LogP contribution in [0.2, 0.25) is 0 Å². The van der Waals surface area contributed by atoms with Gasteiger partial charge in [-0.25, -0.2) is 0 Å². The Labute approximate surface area is 80.9 Å². The number of nitriles is 1. The molecule has 67 valence electrons. The van der Waals surface area contributed by atoms with Gasteiger partial charge in [-0.1, -0.05) is 18.2 Å². The number of hydrogen-bond acceptors (Lipinski definition) is 3. The van der Waals surface area contributed by atoms with Gasteiger partial charge in [0.05, 0.1) is 24.5 Å². The lowest BCUT2D eigenvalue weighted by Crippen LogP contribution is -2.25. The van der Waals surface area contributed by atoms with Crippen molar-refractivity contribution >= 4 is 11.4 Å². The minimum atomic E-state index is -1.33. The van der Waals surface area contributed by atoms with E-state index in [1.165, 1.54) is 4.31 Å². The SMILES string of the molecule is [CH2]N(CC#N)[S+]([O-])c1ccccc1. The van der Waals surface area contributed by atoms with Crippen molar-refractivity contribution in [2.24, 2.45) is 0 Å². The lowest BCUT2D eigenvalue weighted by atomic mass is 10.4. The normalized spacial score (nSPS) is 12.5. The van der Waals surface area contributed by atoms with Gasteiger partial charge in [0.15, 0.2) is 4.90 Å². The highest BCUT2D eigenvalue weighted by molar-refractivity contribution is 7.89. The van der Waals surface area contributed by atoms with Crippen LogP contribution < -0.4 is 0 Å². The van der Waals surface area contributed by atoms with Gasteiger partial charge in [0.25, 0.3) is 0 Å². The van der Waals surface area contributed by atoms with Crippen molar-refractivity contribution in [1.82, 2.24) is 4.31 Å². The molecule has 0 saturated carbocycles. The molecule has 1 radical (unpaired) electrons. The van der Waals surface area contributed by atoms with Gasteiger partial charge in [0.2, 0.25) is 0 Å². The fourth-order valence-corrected chi connectivity index (χ4v) is 1.69. The van der Waals surface area contributed by atoms with Crippen LogP contribution in [0, 0.1) is 18.4 Å². The van der Waals surface area contributed by atoms with Gasteiger partial charge in [0.1, 0.15) is 6.54 Å². The summed E-state index contributed by atoms with van der Waals surface area (Å²) in [7, 11) is 3.51. The molecule has 1 aromatic carbocycles. The summed E-state index contributed by atoms with van der Waals surface area (Å²) in [6.45, 7) is 0.0570. The van der Waals surface area contributed by atoms with Gasteiger partial charge < -0.3 is 4.55 Å². The molecule has 0 bridgehead atoms. The van der Waals surface area contributed by atoms with E-state index >= 15 is 0 Å². The third kappa shape index (κ3) is 2.74. The molecule has 0 saturated heterocycles. The van der Waals surface area contributed by atoms with Crippen LogP contribution in [0.3, 0.4) is 0 Å². The zero-order valence-corrected chi connectivity index (χ0v) is 7.83. The Morgan fingerprint density at radius 1 is 1.46 bits per heavy atom. The third-order valence-electron chi connectivity index (χ3n) is 1.43. The van der Waals surface area contributed by atoms with E-state index in [2.05, 4.69) is 7.05 Å². The van der Waals surface area contributed by atoms with E-state index in [0.29, 0.717) is 4.90 Å². The third-order valence-corrected chi connectivity index (χ3v) is 2.70. The summed E-state index contributed by atoms with van der Waals surface area (Å²) < 4.78 is 12.8. The summed E-state index contributed by atoms with van der Waals surface area (Å²) in [4.78, 5) is 0.660. The Hall–Kier alpha value is -1.02. The molecule has 1 aromatic rings. The van der Waals surface area contributed by atoms with Crippen LogP contribution in [0.15, 0.2) is 35.2 Å². The molecule has 1 unspecified atom stereocenters. The Morgan fingerprint density at radius 3 is 2.62 bits per heavy atom. The van der Waals surface area contributed by atoms with Crippen molar-refractivity contribution in [2.45, 2.75) is 4.90 Å². The van der Waals surface area contributed by atoms with E-state index in [0.717, 1.165) is 0 Å². The highest BCUT2D eigenvalue weighted by Crippen LogP contribution is 2.13. The molecule has 0 spiro atoms. The van der Waals surface area contributed by atoms with Gasteiger partial charge in [0, 0.05) is 0 Å². The van der Waals surface area contributed by atoms with Crippen molar-refractivity contribution in [3.05, 3.63) is 37.4 Å². The maximum absolute atomic E-state index is 11.6. The van der Waals surface area contributed by atoms with Gasteiger partial charge in [-0.3, -0.25) is 0 Å². The topological polar surface area (TPSA) is 50.1 Å². The average Bonchev–Trinajstić information content (AvgIpc) is 2.18.